The Labute approximate surface area is 206 Å². The summed E-state index contributed by atoms with van der Waals surface area (Å²) in [6, 6.07) is 17.3. The van der Waals surface area contributed by atoms with Crippen molar-refractivity contribution in [3.8, 4) is 5.75 Å². The number of benzene rings is 3. The normalized spacial score (nSPS) is 17.7. The van der Waals surface area contributed by atoms with Crippen molar-refractivity contribution >= 4 is 22.6 Å². The van der Waals surface area contributed by atoms with E-state index in [4.69, 9.17) is 4.74 Å². The summed E-state index contributed by atoms with van der Waals surface area (Å²) in [7, 11) is 0. The topological polar surface area (TPSA) is 70.1 Å². The van der Waals surface area contributed by atoms with Crippen molar-refractivity contribution in [1.29, 1.82) is 0 Å². The van der Waals surface area contributed by atoms with Crippen molar-refractivity contribution in [2.45, 2.75) is 32.8 Å². The number of likely N-dealkylation sites (tertiary alicyclic amines) is 1. The molecule has 6 heteroatoms. The fourth-order valence-electron chi connectivity index (χ4n) is 5.42. The summed E-state index contributed by atoms with van der Waals surface area (Å²) < 4.78 is 5.81. The molecule has 0 unspecified atom stereocenters. The van der Waals surface area contributed by atoms with Gasteiger partial charge < -0.3 is 14.7 Å². The first-order valence-electron chi connectivity index (χ1n) is 12.4. The SMILES string of the molecule is Cc1cc(C)cc(OC[C@H](O)CN2CCC(CN3C(=O)c4cccc5cccc(c45)C3=O)CC2)c1. The minimum atomic E-state index is -0.574. The van der Waals surface area contributed by atoms with Crippen LogP contribution in [-0.2, 0) is 0 Å². The van der Waals surface area contributed by atoms with Crippen molar-refractivity contribution in [1.82, 2.24) is 9.80 Å². The van der Waals surface area contributed by atoms with Gasteiger partial charge in [0.15, 0.2) is 0 Å². The maximum Gasteiger partial charge on any atom is 0.261 e. The van der Waals surface area contributed by atoms with E-state index in [0.29, 0.717) is 24.2 Å². The molecule has 2 heterocycles. The molecule has 182 valence electrons. The zero-order chi connectivity index (χ0) is 24.5. The lowest BCUT2D eigenvalue weighted by Crippen LogP contribution is -2.46. The van der Waals surface area contributed by atoms with Crippen LogP contribution in [0.1, 0.15) is 44.7 Å². The number of amides is 2. The molecule has 5 rings (SSSR count). The third kappa shape index (κ3) is 4.95. The summed E-state index contributed by atoms with van der Waals surface area (Å²) in [6.07, 6.45) is 1.19. The fourth-order valence-corrected chi connectivity index (χ4v) is 5.42. The van der Waals surface area contributed by atoms with Crippen LogP contribution in [0.5, 0.6) is 5.75 Å². The van der Waals surface area contributed by atoms with Crippen LogP contribution in [0.2, 0.25) is 0 Å². The van der Waals surface area contributed by atoms with Gasteiger partial charge in [-0.25, -0.2) is 0 Å². The third-order valence-corrected chi connectivity index (χ3v) is 7.11. The van der Waals surface area contributed by atoms with Crippen LogP contribution < -0.4 is 4.74 Å². The number of aliphatic hydroxyl groups excluding tert-OH is 1. The van der Waals surface area contributed by atoms with Gasteiger partial charge >= 0.3 is 0 Å². The lowest BCUT2D eigenvalue weighted by Gasteiger charge is -2.36. The summed E-state index contributed by atoms with van der Waals surface area (Å²) in [6.45, 7) is 6.96. The molecule has 0 bridgehead atoms. The highest BCUT2D eigenvalue weighted by Crippen LogP contribution is 2.31. The van der Waals surface area contributed by atoms with Crippen molar-refractivity contribution in [3.63, 3.8) is 0 Å². The van der Waals surface area contributed by atoms with E-state index in [9.17, 15) is 14.7 Å². The number of hydrogen-bond acceptors (Lipinski definition) is 5. The predicted molar refractivity (Wildman–Crippen MR) is 136 cm³/mol. The molecule has 6 nitrogen and oxygen atoms in total. The molecule has 35 heavy (non-hydrogen) atoms. The Bertz CT molecular complexity index is 1190. The van der Waals surface area contributed by atoms with Gasteiger partial charge in [0.05, 0.1) is 0 Å². The van der Waals surface area contributed by atoms with Gasteiger partial charge in [-0.3, -0.25) is 14.5 Å². The van der Waals surface area contributed by atoms with Gasteiger partial charge in [0.2, 0.25) is 0 Å². The molecule has 3 aromatic carbocycles. The van der Waals surface area contributed by atoms with E-state index in [1.54, 1.807) is 0 Å². The number of hydrogen-bond donors (Lipinski definition) is 1. The predicted octanol–water partition coefficient (Wildman–Crippen LogP) is 4.20. The Morgan fingerprint density at radius 3 is 2.14 bits per heavy atom. The molecule has 2 aliphatic heterocycles. The fraction of sp³-hybridized carbons (Fsp3) is 0.379. The van der Waals surface area contributed by atoms with E-state index in [-0.39, 0.29) is 24.3 Å². The molecule has 2 aliphatic rings. The van der Waals surface area contributed by atoms with E-state index >= 15 is 0 Å². The van der Waals surface area contributed by atoms with E-state index < -0.39 is 6.10 Å². The van der Waals surface area contributed by atoms with Crippen LogP contribution in [0.25, 0.3) is 10.8 Å². The zero-order valence-corrected chi connectivity index (χ0v) is 20.4. The molecule has 1 atom stereocenters. The average molecular weight is 473 g/mol. The molecule has 2 amide bonds. The molecule has 1 N–H and O–H groups in total. The minimum Gasteiger partial charge on any atom is -0.491 e. The van der Waals surface area contributed by atoms with Gasteiger partial charge in [0.25, 0.3) is 11.8 Å². The number of nitrogens with zero attached hydrogens (tertiary/aromatic N) is 2. The van der Waals surface area contributed by atoms with Crippen molar-refractivity contribution in [2.24, 2.45) is 5.92 Å². The third-order valence-electron chi connectivity index (χ3n) is 7.11. The molecule has 0 saturated carbocycles. The number of rotatable bonds is 7. The lowest BCUT2D eigenvalue weighted by atomic mass is 9.91. The summed E-state index contributed by atoms with van der Waals surface area (Å²) in [4.78, 5) is 30.0. The molecule has 0 radical (unpaired) electrons. The van der Waals surface area contributed by atoms with Gasteiger partial charge in [-0.05, 0) is 86.5 Å². The molecule has 0 aromatic heterocycles. The molecule has 0 spiro atoms. The number of piperidine rings is 1. The van der Waals surface area contributed by atoms with Crippen molar-refractivity contribution in [2.75, 3.05) is 32.8 Å². The number of aliphatic hydroxyl groups is 1. The first-order chi connectivity index (χ1) is 16.9. The van der Waals surface area contributed by atoms with Crippen LogP contribution in [0.4, 0.5) is 0 Å². The second-order valence-corrected chi connectivity index (χ2v) is 9.96. The quantitative estimate of drug-likeness (QED) is 0.522. The monoisotopic (exact) mass is 472 g/mol. The number of β-amino-alcohol motifs (C(OH)–C–C–N with tert-alkyl or cyclic N) is 1. The lowest BCUT2D eigenvalue weighted by molar-refractivity contribution is 0.0453. The maximum atomic E-state index is 13.2. The Hall–Kier alpha value is -3.22. The molecular weight excluding hydrogens is 440 g/mol. The first-order valence-corrected chi connectivity index (χ1v) is 12.4. The minimum absolute atomic E-state index is 0.194. The molecule has 0 aliphatic carbocycles. The van der Waals surface area contributed by atoms with E-state index in [2.05, 4.69) is 11.0 Å². The Balaban J connectivity index is 1.14. The average Bonchev–Trinajstić information content (AvgIpc) is 2.84. The standard InChI is InChI=1S/C29H32N2O4/c1-19-13-20(2)15-24(14-19)35-18-23(32)17-30-11-9-21(10-12-30)16-31-28(33)25-7-3-5-22-6-4-8-26(27(22)25)29(31)34/h3-8,13-15,21,23,32H,9-12,16-18H2,1-2H3/t23-/m1/s1. The van der Waals surface area contributed by atoms with Crippen LogP contribution >= 0.6 is 0 Å². The Morgan fingerprint density at radius 1 is 0.943 bits per heavy atom. The number of ether oxygens (including phenoxy) is 1. The van der Waals surface area contributed by atoms with Crippen molar-refractivity contribution in [3.05, 3.63) is 76.9 Å². The highest BCUT2D eigenvalue weighted by atomic mass is 16.5. The first kappa shape index (κ1) is 23.5. The van der Waals surface area contributed by atoms with Gasteiger partial charge in [-0.15, -0.1) is 0 Å². The second-order valence-electron chi connectivity index (χ2n) is 9.96. The van der Waals surface area contributed by atoms with Crippen molar-refractivity contribution < 1.29 is 19.4 Å². The summed E-state index contributed by atoms with van der Waals surface area (Å²) in [5.74, 6) is 0.655. The smallest absolute Gasteiger partial charge is 0.261 e. The summed E-state index contributed by atoms with van der Waals surface area (Å²) >= 11 is 0. The van der Waals surface area contributed by atoms with Gasteiger partial charge in [-0.2, -0.15) is 0 Å². The Kier molecular flexibility index (Phi) is 6.58. The molecule has 3 aromatic rings. The highest BCUT2D eigenvalue weighted by molar-refractivity contribution is 6.25. The summed E-state index contributed by atoms with van der Waals surface area (Å²) in [5, 5.41) is 12.2. The number of carbonyl (C=O) groups is 2. The van der Waals surface area contributed by atoms with Gasteiger partial charge in [0, 0.05) is 29.6 Å². The largest absolute Gasteiger partial charge is 0.491 e. The molecule has 1 fully saturated rings. The number of aryl methyl sites for hydroxylation is 2. The number of imide groups is 1. The van der Waals surface area contributed by atoms with Crippen LogP contribution in [-0.4, -0.2) is 65.6 Å². The van der Waals surface area contributed by atoms with Gasteiger partial charge in [-0.1, -0.05) is 30.3 Å². The summed E-state index contributed by atoms with van der Waals surface area (Å²) in [5.41, 5.74) is 3.51. The highest BCUT2D eigenvalue weighted by Gasteiger charge is 2.34. The van der Waals surface area contributed by atoms with E-state index in [1.165, 1.54) is 4.90 Å². The van der Waals surface area contributed by atoms with Crippen LogP contribution in [0, 0.1) is 19.8 Å². The van der Waals surface area contributed by atoms with E-state index in [1.807, 2.05) is 62.4 Å². The van der Waals surface area contributed by atoms with Gasteiger partial charge in [0.1, 0.15) is 18.5 Å². The second kappa shape index (κ2) is 9.80. The molecular formula is C29H32N2O4. The zero-order valence-electron chi connectivity index (χ0n) is 20.4. The molecule has 1 saturated heterocycles. The van der Waals surface area contributed by atoms with Crippen LogP contribution in [0.15, 0.2) is 54.6 Å². The maximum absolute atomic E-state index is 13.2. The van der Waals surface area contributed by atoms with Crippen LogP contribution in [0.3, 0.4) is 0 Å². The van der Waals surface area contributed by atoms with E-state index in [0.717, 1.165) is 53.6 Å². The number of carbonyl (C=O) groups excluding carboxylic acids is 2. The Morgan fingerprint density at radius 2 is 1.54 bits per heavy atom.